The zero-order valence-electron chi connectivity index (χ0n) is 14.9. The molecule has 0 saturated carbocycles. The highest BCUT2D eigenvalue weighted by Crippen LogP contribution is 2.30. The maximum absolute atomic E-state index is 12.5. The van der Waals surface area contributed by atoms with E-state index in [1.807, 2.05) is 6.07 Å². The van der Waals surface area contributed by atoms with Crippen molar-refractivity contribution in [1.29, 1.82) is 0 Å². The maximum Gasteiger partial charge on any atom is 0.265 e. The highest BCUT2D eigenvalue weighted by molar-refractivity contribution is 7.92. The van der Waals surface area contributed by atoms with E-state index in [-0.39, 0.29) is 16.8 Å². The van der Waals surface area contributed by atoms with Gasteiger partial charge in [-0.05, 0) is 67.6 Å². The summed E-state index contributed by atoms with van der Waals surface area (Å²) in [5, 5.41) is 2.83. The van der Waals surface area contributed by atoms with Crippen LogP contribution in [0.3, 0.4) is 0 Å². The molecule has 144 valence electrons. The number of carbonyl (C=O) groups excluding carboxylic acids is 1. The van der Waals surface area contributed by atoms with Crippen LogP contribution in [-0.2, 0) is 22.9 Å². The molecule has 2 aromatic heterocycles. The first kappa shape index (κ1) is 18.6. The lowest BCUT2D eigenvalue weighted by atomic mass is 9.99. The van der Waals surface area contributed by atoms with Crippen molar-refractivity contribution in [1.82, 2.24) is 9.97 Å². The van der Waals surface area contributed by atoms with Gasteiger partial charge < -0.3 is 5.32 Å². The molecule has 2 heterocycles. The number of carbonyl (C=O) groups is 1. The number of hydrogen-bond acceptors (Lipinski definition) is 6. The van der Waals surface area contributed by atoms with Crippen LogP contribution < -0.4 is 10.0 Å². The first-order valence-electron chi connectivity index (χ1n) is 8.84. The van der Waals surface area contributed by atoms with E-state index in [2.05, 4.69) is 20.0 Å². The highest BCUT2D eigenvalue weighted by atomic mass is 32.2. The van der Waals surface area contributed by atoms with Crippen molar-refractivity contribution in [2.45, 2.75) is 30.6 Å². The van der Waals surface area contributed by atoms with Crippen molar-refractivity contribution in [2.24, 2.45) is 0 Å². The molecule has 1 aliphatic rings. The van der Waals surface area contributed by atoms with Crippen LogP contribution in [0.15, 0.2) is 53.7 Å². The zero-order valence-corrected chi connectivity index (χ0v) is 16.5. The second-order valence-electron chi connectivity index (χ2n) is 6.42. The number of hydrogen-bond donors (Lipinski definition) is 2. The van der Waals surface area contributed by atoms with Gasteiger partial charge in [0.2, 0.25) is 5.95 Å². The van der Waals surface area contributed by atoms with Gasteiger partial charge >= 0.3 is 0 Å². The third-order valence-corrected chi connectivity index (χ3v) is 7.01. The van der Waals surface area contributed by atoms with Crippen LogP contribution in [0, 0.1) is 0 Å². The standard InChI is InChI=1S/C19H18N4O3S2/c24-18(17-12-13-4-1-2-5-16(13)27-17)22-14-6-8-15(9-7-14)28(25,26)23-19-20-10-3-11-21-19/h3,6-12H,1-2,4-5H2,(H,22,24)(H,20,21,23). The van der Waals surface area contributed by atoms with Crippen LogP contribution in [0.5, 0.6) is 0 Å². The van der Waals surface area contributed by atoms with Crippen LogP contribution in [0.4, 0.5) is 11.6 Å². The number of nitrogens with one attached hydrogen (secondary N) is 2. The van der Waals surface area contributed by atoms with E-state index >= 15 is 0 Å². The Morgan fingerprint density at radius 1 is 1.04 bits per heavy atom. The number of thiophene rings is 1. The Hall–Kier alpha value is -2.78. The van der Waals surface area contributed by atoms with Crippen LogP contribution in [0.1, 0.15) is 33.0 Å². The monoisotopic (exact) mass is 414 g/mol. The maximum atomic E-state index is 12.5. The topological polar surface area (TPSA) is 101 Å². The van der Waals surface area contributed by atoms with Crippen LogP contribution in [0.25, 0.3) is 0 Å². The minimum Gasteiger partial charge on any atom is -0.321 e. The second-order valence-corrected chi connectivity index (χ2v) is 9.24. The van der Waals surface area contributed by atoms with E-state index in [9.17, 15) is 13.2 Å². The van der Waals surface area contributed by atoms with Gasteiger partial charge in [-0.15, -0.1) is 11.3 Å². The third kappa shape index (κ3) is 4.05. The van der Waals surface area contributed by atoms with E-state index in [1.165, 1.54) is 59.1 Å². The predicted octanol–water partition coefficient (Wildman–Crippen LogP) is 3.47. The van der Waals surface area contributed by atoms with Crippen molar-refractivity contribution < 1.29 is 13.2 Å². The molecule has 0 unspecified atom stereocenters. The Balaban J connectivity index is 1.45. The predicted molar refractivity (Wildman–Crippen MR) is 108 cm³/mol. The molecule has 0 fully saturated rings. The highest BCUT2D eigenvalue weighted by Gasteiger charge is 2.18. The van der Waals surface area contributed by atoms with E-state index in [1.54, 1.807) is 18.2 Å². The molecule has 9 heteroatoms. The molecule has 7 nitrogen and oxygen atoms in total. The fourth-order valence-electron chi connectivity index (χ4n) is 3.04. The molecule has 0 saturated heterocycles. The number of benzene rings is 1. The lowest BCUT2D eigenvalue weighted by Gasteiger charge is -2.08. The molecule has 1 amide bonds. The number of amides is 1. The lowest BCUT2D eigenvalue weighted by Crippen LogP contribution is -2.15. The summed E-state index contributed by atoms with van der Waals surface area (Å²) in [6.07, 6.45) is 7.31. The Morgan fingerprint density at radius 3 is 2.46 bits per heavy atom. The van der Waals surface area contributed by atoms with Crippen molar-refractivity contribution >= 4 is 38.9 Å². The normalized spacial score (nSPS) is 13.6. The van der Waals surface area contributed by atoms with Gasteiger partial charge in [0.1, 0.15) is 0 Å². The Morgan fingerprint density at radius 2 is 1.75 bits per heavy atom. The van der Waals surface area contributed by atoms with Gasteiger partial charge in [0.15, 0.2) is 0 Å². The summed E-state index contributed by atoms with van der Waals surface area (Å²) >= 11 is 1.54. The van der Waals surface area contributed by atoms with E-state index in [0.29, 0.717) is 10.6 Å². The Kier molecular flexibility index (Phi) is 5.10. The van der Waals surface area contributed by atoms with Gasteiger partial charge in [0.05, 0.1) is 9.77 Å². The molecule has 0 spiro atoms. The number of sulfonamides is 1. The number of anilines is 2. The third-order valence-electron chi connectivity index (χ3n) is 4.43. The van der Waals surface area contributed by atoms with Crippen molar-refractivity contribution in [3.8, 4) is 0 Å². The Labute approximate surface area is 166 Å². The molecule has 0 atom stereocenters. The van der Waals surface area contributed by atoms with Gasteiger partial charge in [-0.1, -0.05) is 0 Å². The summed E-state index contributed by atoms with van der Waals surface area (Å²) in [4.78, 5) is 22.3. The second kappa shape index (κ2) is 7.69. The van der Waals surface area contributed by atoms with Crippen LogP contribution in [0.2, 0.25) is 0 Å². The fraction of sp³-hybridized carbons (Fsp3) is 0.211. The zero-order chi connectivity index (χ0) is 19.6. The minimum atomic E-state index is -3.80. The van der Waals surface area contributed by atoms with Gasteiger partial charge in [-0.25, -0.2) is 23.1 Å². The summed E-state index contributed by atoms with van der Waals surface area (Å²) in [6, 6.07) is 9.55. The van der Waals surface area contributed by atoms with Crippen molar-refractivity contribution in [3.63, 3.8) is 0 Å². The minimum absolute atomic E-state index is 0.00143. The molecular formula is C19H18N4O3S2. The fourth-order valence-corrected chi connectivity index (χ4v) is 5.15. The van der Waals surface area contributed by atoms with Crippen molar-refractivity contribution in [2.75, 3.05) is 10.0 Å². The van der Waals surface area contributed by atoms with Crippen LogP contribution in [-0.4, -0.2) is 24.3 Å². The van der Waals surface area contributed by atoms with Gasteiger partial charge in [-0.2, -0.15) is 0 Å². The molecule has 0 aliphatic heterocycles. The molecule has 2 N–H and O–H groups in total. The van der Waals surface area contributed by atoms with Gasteiger partial charge in [-0.3, -0.25) is 4.79 Å². The average Bonchev–Trinajstić information content (AvgIpc) is 3.13. The van der Waals surface area contributed by atoms with Crippen LogP contribution >= 0.6 is 11.3 Å². The molecule has 0 bridgehead atoms. The van der Waals surface area contributed by atoms with E-state index in [4.69, 9.17) is 0 Å². The smallest absolute Gasteiger partial charge is 0.265 e. The molecule has 1 aliphatic carbocycles. The van der Waals surface area contributed by atoms with E-state index < -0.39 is 10.0 Å². The largest absolute Gasteiger partial charge is 0.321 e. The summed E-state index contributed by atoms with van der Waals surface area (Å²) in [5.74, 6) is -0.174. The number of aromatic nitrogens is 2. The summed E-state index contributed by atoms with van der Waals surface area (Å²) < 4.78 is 27.1. The number of rotatable bonds is 5. The van der Waals surface area contributed by atoms with Crippen molar-refractivity contribution in [3.05, 3.63) is 64.1 Å². The average molecular weight is 415 g/mol. The summed E-state index contributed by atoms with van der Waals surface area (Å²) in [6.45, 7) is 0. The number of fused-ring (bicyclic) bond motifs is 1. The van der Waals surface area contributed by atoms with Gasteiger partial charge in [0.25, 0.3) is 15.9 Å². The molecule has 0 radical (unpaired) electrons. The molecule has 4 rings (SSSR count). The van der Waals surface area contributed by atoms with Gasteiger partial charge in [0, 0.05) is 23.0 Å². The summed E-state index contributed by atoms with van der Waals surface area (Å²) in [5.41, 5.74) is 1.81. The molecule has 28 heavy (non-hydrogen) atoms. The molecular weight excluding hydrogens is 396 g/mol. The SMILES string of the molecule is O=C(Nc1ccc(S(=O)(=O)Nc2ncccn2)cc1)c1cc2c(s1)CCCC2. The quantitative estimate of drug-likeness (QED) is 0.666. The molecule has 3 aromatic rings. The first-order valence-corrected chi connectivity index (χ1v) is 11.1. The first-order chi connectivity index (χ1) is 13.5. The molecule has 1 aromatic carbocycles. The lowest BCUT2D eigenvalue weighted by molar-refractivity contribution is 0.103. The number of nitrogens with zero attached hydrogens (tertiary/aromatic N) is 2. The number of aryl methyl sites for hydroxylation is 2. The Bertz CT molecular complexity index is 1070. The van der Waals surface area contributed by atoms with E-state index in [0.717, 1.165) is 12.8 Å². The summed E-state index contributed by atoms with van der Waals surface area (Å²) in [7, 11) is -3.80.